The molecule has 3 rings (SSSR count). The molecule has 0 saturated carbocycles. The van der Waals surface area contributed by atoms with Crippen LogP contribution in [0.15, 0.2) is 24.3 Å². The lowest BCUT2D eigenvalue weighted by Gasteiger charge is -2.34. The second-order valence-corrected chi connectivity index (χ2v) is 6.49. The van der Waals surface area contributed by atoms with Gasteiger partial charge in [-0.15, -0.1) is 0 Å². The lowest BCUT2D eigenvalue weighted by Crippen LogP contribution is -2.41. The van der Waals surface area contributed by atoms with Gasteiger partial charge in [0.2, 0.25) is 0 Å². The topological polar surface area (TPSA) is 68.5 Å². The molecule has 1 aromatic carbocycles. The van der Waals surface area contributed by atoms with E-state index in [0.29, 0.717) is 19.4 Å². The number of aliphatic carboxylic acids is 1. The van der Waals surface area contributed by atoms with Gasteiger partial charge in [0.15, 0.2) is 0 Å². The van der Waals surface area contributed by atoms with Gasteiger partial charge < -0.3 is 14.4 Å². The van der Waals surface area contributed by atoms with Crippen molar-refractivity contribution in [3.63, 3.8) is 0 Å². The molecule has 1 unspecified atom stereocenters. The summed E-state index contributed by atoms with van der Waals surface area (Å²) in [5.74, 6) is -1.35. The third-order valence-electron chi connectivity index (χ3n) is 5.03. The first-order valence-corrected chi connectivity index (χ1v) is 8.49. The summed E-state index contributed by atoms with van der Waals surface area (Å²) in [6.07, 6.45) is 1.66. The number of carbonyl (C=O) groups excluding carboxylic acids is 1. The summed E-state index contributed by atoms with van der Waals surface area (Å²) in [5, 5.41) is 10.5. The Labute approximate surface area is 141 Å². The molecule has 0 fully saturated rings. The number of rotatable bonds is 5. The molecule has 1 aliphatic heterocycles. The Morgan fingerprint density at radius 1 is 1.33 bits per heavy atom. The minimum atomic E-state index is -0.960. The van der Waals surface area contributed by atoms with Crippen molar-refractivity contribution in [3.05, 3.63) is 35.5 Å². The second-order valence-electron chi connectivity index (χ2n) is 6.49. The van der Waals surface area contributed by atoms with E-state index in [9.17, 15) is 14.7 Å². The van der Waals surface area contributed by atoms with Crippen LogP contribution in [0.25, 0.3) is 10.9 Å². The van der Waals surface area contributed by atoms with Gasteiger partial charge in [0.1, 0.15) is 0 Å². The van der Waals surface area contributed by atoms with E-state index in [2.05, 4.69) is 35.8 Å². The highest BCUT2D eigenvalue weighted by Gasteiger charge is 2.45. The maximum absolute atomic E-state index is 12.5. The molecule has 5 nitrogen and oxygen atoms in total. The standard InChI is InChI=1S/C19H23NO4/c1-3-13-6-5-7-16-15(13)10-14-11-19(12-17(21)22,8-9-20(14)16)18(23)24-4-2/h5-7,10H,3-4,8-9,11-12H2,1-2H3,(H,21,22). The molecular weight excluding hydrogens is 306 g/mol. The van der Waals surface area contributed by atoms with Gasteiger partial charge in [-0.1, -0.05) is 19.1 Å². The van der Waals surface area contributed by atoms with Gasteiger partial charge in [0, 0.05) is 29.6 Å². The molecule has 0 aliphatic carbocycles. The molecule has 0 amide bonds. The predicted molar refractivity (Wildman–Crippen MR) is 91.0 cm³/mol. The van der Waals surface area contributed by atoms with Crippen LogP contribution >= 0.6 is 0 Å². The summed E-state index contributed by atoms with van der Waals surface area (Å²) < 4.78 is 7.42. The summed E-state index contributed by atoms with van der Waals surface area (Å²) in [4.78, 5) is 23.9. The quantitative estimate of drug-likeness (QED) is 0.856. The van der Waals surface area contributed by atoms with Crippen molar-refractivity contribution in [2.45, 2.75) is 46.1 Å². The Balaban J connectivity index is 2.05. The molecule has 1 aliphatic rings. The van der Waals surface area contributed by atoms with Crippen LogP contribution in [0.4, 0.5) is 0 Å². The minimum Gasteiger partial charge on any atom is -0.481 e. The van der Waals surface area contributed by atoms with Crippen LogP contribution < -0.4 is 0 Å². The minimum absolute atomic E-state index is 0.187. The zero-order valence-corrected chi connectivity index (χ0v) is 14.2. The highest BCUT2D eigenvalue weighted by Crippen LogP contribution is 2.40. The normalized spacial score (nSPS) is 19.9. The SMILES string of the molecule is CCOC(=O)C1(CC(=O)O)CCn2c(cc3c(CC)cccc32)C1. The van der Waals surface area contributed by atoms with Gasteiger partial charge >= 0.3 is 11.9 Å². The zero-order chi connectivity index (χ0) is 17.3. The highest BCUT2D eigenvalue weighted by molar-refractivity contribution is 5.87. The third-order valence-corrected chi connectivity index (χ3v) is 5.03. The largest absolute Gasteiger partial charge is 0.481 e. The number of aryl methyl sites for hydroxylation is 2. The summed E-state index contributed by atoms with van der Waals surface area (Å²) in [7, 11) is 0. The summed E-state index contributed by atoms with van der Waals surface area (Å²) in [5.41, 5.74) is 2.50. The van der Waals surface area contributed by atoms with Gasteiger partial charge in [-0.25, -0.2) is 0 Å². The maximum Gasteiger partial charge on any atom is 0.313 e. The fraction of sp³-hybridized carbons (Fsp3) is 0.474. The monoisotopic (exact) mass is 329 g/mol. The average molecular weight is 329 g/mol. The van der Waals surface area contributed by atoms with Crippen LogP contribution in [0.2, 0.25) is 0 Å². The van der Waals surface area contributed by atoms with Gasteiger partial charge in [-0.05, 0) is 37.5 Å². The number of nitrogens with zero attached hydrogens (tertiary/aromatic N) is 1. The van der Waals surface area contributed by atoms with Gasteiger partial charge in [0.05, 0.1) is 18.4 Å². The first-order valence-electron chi connectivity index (χ1n) is 8.49. The van der Waals surface area contributed by atoms with Crippen molar-refractivity contribution in [3.8, 4) is 0 Å². The molecule has 0 saturated heterocycles. The third kappa shape index (κ3) is 2.68. The molecule has 5 heteroatoms. The van der Waals surface area contributed by atoms with Crippen molar-refractivity contribution in [2.75, 3.05) is 6.61 Å². The fourth-order valence-corrected chi connectivity index (χ4v) is 3.85. The summed E-state index contributed by atoms with van der Waals surface area (Å²) >= 11 is 0. The Bertz CT molecular complexity index is 792. The number of benzene rings is 1. The Morgan fingerprint density at radius 3 is 2.79 bits per heavy atom. The van der Waals surface area contributed by atoms with E-state index < -0.39 is 11.4 Å². The number of hydrogen-bond donors (Lipinski definition) is 1. The molecule has 1 aromatic heterocycles. The number of esters is 1. The van der Waals surface area contributed by atoms with Gasteiger partial charge in [0.25, 0.3) is 0 Å². The highest BCUT2D eigenvalue weighted by atomic mass is 16.5. The number of ether oxygens (including phenoxy) is 1. The number of carbonyl (C=O) groups is 2. The molecule has 128 valence electrons. The van der Waals surface area contributed by atoms with Crippen molar-refractivity contribution < 1.29 is 19.4 Å². The average Bonchev–Trinajstić information content (AvgIpc) is 2.91. The van der Waals surface area contributed by atoms with Crippen LogP contribution in [-0.4, -0.2) is 28.2 Å². The number of carboxylic acids is 1. The second kappa shape index (κ2) is 6.30. The smallest absolute Gasteiger partial charge is 0.313 e. The molecule has 0 bridgehead atoms. The number of carboxylic acid groups (broad SMARTS) is 1. The zero-order valence-electron chi connectivity index (χ0n) is 14.2. The summed E-state index contributed by atoms with van der Waals surface area (Å²) in [6.45, 7) is 4.78. The van der Waals surface area contributed by atoms with E-state index in [0.717, 1.165) is 17.6 Å². The van der Waals surface area contributed by atoms with Crippen molar-refractivity contribution in [1.29, 1.82) is 0 Å². The number of fused-ring (bicyclic) bond motifs is 3. The van der Waals surface area contributed by atoms with E-state index in [1.54, 1.807) is 6.92 Å². The van der Waals surface area contributed by atoms with Gasteiger partial charge in [-0.3, -0.25) is 9.59 Å². The number of hydrogen-bond acceptors (Lipinski definition) is 3. The van der Waals surface area contributed by atoms with Crippen LogP contribution in [0.3, 0.4) is 0 Å². The predicted octanol–water partition coefficient (Wildman–Crippen LogP) is 3.17. The van der Waals surface area contributed by atoms with Gasteiger partial charge in [-0.2, -0.15) is 0 Å². The molecule has 0 radical (unpaired) electrons. The van der Waals surface area contributed by atoms with E-state index in [1.165, 1.54) is 10.9 Å². The lowest BCUT2D eigenvalue weighted by molar-refractivity contribution is -0.162. The molecule has 24 heavy (non-hydrogen) atoms. The van der Waals surface area contributed by atoms with E-state index in [1.807, 2.05) is 0 Å². The van der Waals surface area contributed by atoms with Crippen LogP contribution in [0.5, 0.6) is 0 Å². The summed E-state index contributed by atoms with van der Waals surface area (Å²) in [6, 6.07) is 8.37. The fourth-order valence-electron chi connectivity index (χ4n) is 3.85. The van der Waals surface area contributed by atoms with E-state index in [4.69, 9.17) is 4.74 Å². The van der Waals surface area contributed by atoms with E-state index >= 15 is 0 Å². The Hall–Kier alpha value is -2.30. The molecular formula is C19H23NO4. The molecule has 1 atom stereocenters. The van der Waals surface area contributed by atoms with Crippen molar-refractivity contribution in [2.24, 2.45) is 5.41 Å². The maximum atomic E-state index is 12.5. The van der Waals surface area contributed by atoms with Crippen LogP contribution in [0.1, 0.15) is 37.9 Å². The van der Waals surface area contributed by atoms with Crippen molar-refractivity contribution in [1.82, 2.24) is 4.57 Å². The van der Waals surface area contributed by atoms with Crippen LogP contribution in [-0.2, 0) is 33.7 Å². The number of aromatic nitrogens is 1. The Kier molecular flexibility index (Phi) is 4.35. The molecule has 1 N–H and O–H groups in total. The molecule has 2 heterocycles. The first-order chi connectivity index (χ1) is 11.5. The van der Waals surface area contributed by atoms with Crippen LogP contribution in [0, 0.1) is 5.41 Å². The molecule has 2 aromatic rings. The Morgan fingerprint density at radius 2 is 2.12 bits per heavy atom. The first kappa shape index (κ1) is 16.6. The van der Waals surface area contributed by atoms with Crippen molar-refractivity contribution >= 4 is 22.8 Å². The molecule has 0 spiro atoms. The lowest BCUT2D eigenvalue weighted by atomic mass is 9.75. The van der Waals surface area contributed by atoms with E-state index in [-0.39, 0.29) is 19.0 Å².